The Morgan fingerprint density at radius 1 is 1.40 bits per heavy atom. The summed E-state index contributed by atoms with van der Waals surface area (Å²) in [6, 6.07) is 1.72. The lowest BCUT2D eigenvalue weighted by molar-refractivity contribution is -0.137. The van der Waals surface area contributed by atoms with Crippen LogP contribution < -0.4 is 5.32 Å². The Morgan fingerprint density at radius 3 is 2.47 bits per heavy atom. The predicted octanol–water partition coefficient (Wildman–Crippen LogP) is 2.37. The molecule has 1 amide bonds. The second-order valence-electron chi connectivity index (χ2n) is 3.06. The number of nitrogens with zero attached hydrogens (tertiary/aromatic N) is 1. The summed E-state index contributed by atoms with van der Waals surface area (Å²) < 4.78 is 37.0. The SMILES string of the molecule is CC(=O)Nc1cc(C(F)(F)F)cc(C)n1. The van der Waals surface area contributed by atoms with Crippen LogP contribution in [0.3, 0.4) is 0 Å². The van der Waals surface area contributed by atoms with Crippen LogP contribution in [0.1, 0.15) is 18.2 Å². The van der Waals surface area contributed by atoms with Gasteiger partial charge < -0.3 is 5.32 Å². The van der Waals surface area contributed by atoms with Crippen molar-refractivity contribution in [2.24, 2.45) is 0 Å². The maximum Gasteiger partial charge on any atom is 0.416 e. The van der Waals surface area contributed by atoms with Gasteiger partial charge in [-0.05, 0) is 19.1 Å². The van der Waals surface area contributed by atoms with Gasteiger partial charge in [0.15, 0.2) is 0 Å². The molecule has 3 nitrogen and oxygen atoms in total. The third kappa shape index (κ3) is 3.23. The summed E-state index contributed by atoms with van der Waals surface area (Å²) in [5.74, 6) is -0.545. The van der Waals surface area contributed by atoms with Crippen molar-refractivity contribution >= 4 is 11.7 Å². The third-order valence-corrected chi connectivity index (χ3v) is 1.58. The first-order valence-corrected chi connectivity index (χ1v) is 4.12. The van der Waals surface area contributed by atoms with Crippen LogP contribution in [0.4, 0.5) is 19.0 Å². The Hall–Kier alpha value is -1.59. The van der Waals surface area contributed by atoms with Crippen molar-refractivity contribution in [3.63, 3.8) is 0 Å². The van der Waals surface area contributed by atoms with Crippen LogP contribution in [0.2, 0.25) is 0 Å². The number of pyridine rings is 1. The minimum Gasteiger partial charge on any atom is -0.311 e. The molecular weight excluding hydrogens is 209 g/mol. The Labute approximate surface area is 84.3 Å². The zero-order valence-corrected chi connectivity index (χ0v) is 8.14. The number of aromatic nitrogens is 1. The first-order valence-electron chi connectivity index (χ1n) is 4.12. The Morgan fingerprint density at radius 2 is 2.00 bits per heavy atom. The van der Waals surface area contributed by atoms with E-state index >= 15 is 0 Å². The number of hydrogen-bond acceptors (Lipinski definition) is 2. The van der Waals surface area contributed by atoms with Crippen molar-refractivity contribution < 1.29 is 18.0 Å². The number of halogens is 3. The highest BCUT2D eigenvalue weighted by molar-refractivity contribution is 5.87. The zero-order chi connectivity index (χ0) is 11.6. The quantitative estimate of drug-likeness (QED) is 0.786. The van der Waals surface area contributed by atoms with E-state index in [0.717, 1.165) is 12.1 Å². The van der Waals surface area contributed by atoms with Crippen molar-refractivity contribution in [3.8, 4) is 0 Å². The van der Waals surface area contributed by atoms with Crippen LogP contribution in [0.5, 0.6) is 0 Å². The van der Waals surface area contributed by atoms with Crippen molar-refractivity contribution in [2.45, 2.75) is 20.0 Å². The molecule has 15 heavy (non-hydrogen) atoms. The molecule has 6 heteroatoms. The van der Waals surface area contributed by atoms with E-state index in [1.807, 2.05) is 0 Å². The van der Waals surface area contributed by atoms with E-state index in [4.69, 9.17) is 0 Å². The summed E-state index contributed by atoms with van der Waals surface area (Å²) >= 11 is 0. The van der Waals surface area contributed by atoms with Gasteiger partial charge in [0.1, 0.15) is 5.82 Å². The van der Waals surface area contributed by atoms with Gasteiger partial charge in [-0.1, -0.05) is 0 Å². The molecule has 0 atom stereocenters. The van der Waals surface area contributed by atoms with Crippen LogP contribution in [0, 0.1) is 6.92 Å². The zero-order valence-electron chi connectivity index (χ0n) is 8.14. The molecule has 0 bridgehead atoms. The molecule has 0 aromatic carbocycles. The molecule has 0 aliphatic rings. The first kappa shape index (κ1) is 11.5. The molecule has 0 aliphatic heterocycles. The third-order valence-electron chi connectivity index (χ3n) is 1.58. The molecule has 1 rings (SSSR count). The molecule has 0 radical (unpaired) electrons. The molecule has 1 aromatic rings. The number of anilines is 1. The lowest BCUT2D eigenvalue weighted by Gasteiger charge is -2.09. The smallest absolute Gasteiger partial charge is 0.311 e. The molecule has 82 valence electrons. The van der Waals surface area contributed by atoms with Gasteiger partial charge in [-0.15, -0.1) is 0 Å². The number of nitrogens with one attached hydrogen (secondary N) is 1. The highest BCUT2D eigenvalue weighted by Gasteiger charge is 2.31. The van der Waals surface area contributed by atoms with Crippen LogP contribution >= 0.6 is 0 Å². The van der Waals surface area contributed by atoms with Crippen molar-refractivity contribution in [3.05, 3.63) is 23.4 Å². The van der Waals surface area contributed by atoms with E-state index in [-0.39, 0.29) is 11.5 Å². The highest BCUT2D eigenvalue weighted by atomic mass is 19.4. The molecule has 1 N–H and O–H groups in total. The number of aryl methyl sites for hydroxylation is 1. The second kappa shape index (κ2) is 3.88. The summed E-state index contributed by atoms with van der Waals surface area (Å²) in [5, 5.41) is 2.21. The average molecular weight is 218 g/mol. The molecule has 0 saturated carbocycles. The van der Waals surface area contributed by atoms with E-state index in [1.165, 1.54) is 13.8 Å². The van der Waals surface area contributed by atoms with Gasteiger partial charge in [-0.2, -0.15) is 13.2 Å². The number of alkyl halides is 3. The fourth-order valence-electron chi connectivity index (χ4n) is 1.08. The highest BCUT2D eigenvalue weighted by Crippen LogP contribution is 2.30. The lowest BCUT2D eigenvalue weighted by Crippen LogP contribution is -2.11. The minimum absolute atomic E-state index is 0.0881. The first-order chi connectivity index (χ1) is 6.79. The van der Waals surface area contributed by atoms with Crippen LogP contribution in [0.25, 0.3) is 0 Å². The normalized spacial score (nSPS) is 11.3. The summed E-state index contributed by atoms with van der Waals surface area (Å²) in [4.78, 5) is 14.4. The molecule has 0 aliphatic carbocycles. The Bertz CT molecular complexity index is 387. The van der Waals surface area contributed by atoms with Crippen LogP contribution in [-0.4, -0.2) is 10.9 Å². The number of hydrogen-bond donors (Lipinski definition) is 1. The van der Waals surface area contributed by atoms with Crippen molar-refractivity contribution in [1.29, 1.82) is 0 Å². The maximum atomic E-state index is 12.3. The topological polar surface area (TPSA) is 42.0 Å². The number of carbonyl (C=O) groups excluding carboxylic acids is 1. The van der Waals surface area contributed by atoms with Gasteiger partial charge in [-0.3, -0.25) is 4.79 Å². The molecule has 0 unspecified atom stereocenters. The lowest BCUT2D eigenvalue weighted by atomic mass is 10.2. The van der Waals surface area contributed by atoms with E-state index in [1.54, 1.807) is 0 Å². The van der Waals surface area contributed by atoms with Crippen molar-refractivity contribution in [2.75, 3.05) is 5.32 Å². The van der Waals surface area contributed by atoms with Gasteiger partial charge in [0.05, 0.1) is 5.56 Å². The number of rotatable bonds is 1. The average Bonchev–Trinajstić information content (AvgIpc) is 1.99. The molecule has 0 saturated heterocycles. The summed E-state index contributed by atoms with van der Waals surface area (Å²) in [5.41, 5.74) is -0.618. The molecule has 1 aromatic heterocycles. The maximum absolute atomic E-state index is 12.3. The number of carbonyl (C=O) groups is 1. The Kier molecular flexibility index (Phi) is 2.97. The van der Waals surface area contributed by atoms with E-state index < -0.39 is 17.6 Å². The van der Waals surface area contributed by atoms with Crippen LogP contribution in [0.15, 0.2) is 12.1 Å². The predicted molar refractivity (Wildman–Crippen MR) is 48.3 cm³/mol. The monoisotopic (exact) mass is 218 g/mol. The molecular formula is C9H9F3N2O. The van der Waals surface area contributed by atoms with E-state index in [0.29, 0.717) is 0 Å². The number of amides is 1. The van der Waals surface area contributed by atoms with E-state index in [9.17, 15) is 18.0 Å². The fourth-order valence-corrected chi connectivity index (χ4v) is 1.08. The Balaban J connectivity index is 3.11. The fraction of sp³-hybridized carbons (Fsp3) is 0.333. The van der Waals surface area contributed by atoms with E-state index in [2.05, 4.69) is 10.3 Å². The standard InChI is InChI=1S/C9H9F3N2O/c1-5-3-7(9(10,11)12)4-8(13-5)14-6(2)15/h3-4H,1-2H3,(H,13,14,15). The summed E-state index contributed by atoms with van der Waals surface area (Å²) in [6.07, 6.45) is -4.43. The van der Waals surface area contributed by atoms with Crippen LogP contribution in [-0.2, 0) is 11.0 Å². The molecule has 0 spiro atoms. The van der Waals surface area contributed by atoms with Gasteiger partial charge in [0, 0.05) is 12.6 Å². The van der Waals surface area contributed by atoms with Gasteiger partial charge in [0.2, 0.25) is 5.91 Å². The van der Waals surface area contributed by atoms with Gasteiger partial charge in [0.25, 0.3) is 0 Å². The summed E-state index contributed by atoms with van der Waals surface area (Å²) in [7, 11) is 0. The largest absolute Gasteiger partial charge is 0.416 e. The second-order valence-corrected chi connectivity index (χ2v) is 3.06. The van der Waals surface area contributed by atoms with Gasteiger partial charge >= 0.3 is 6.18 Å². The van der Waals surface area contributed by atoms with Gasteiger partial charge in [-0.25, -0.2) is 4.98 Å². The van der Waals surface area contributed by atoms with Crippen molar-refractivity contribution in [1.82, 2.24) is 4.98 Å². The summed E-state index contributed by atoms with van der Waals surface area (Å²) in [6.45, 7) is 2.64. The molecule has 1 heterocycles. The molecule has 0 fully saturated rings. The minimum atomic E-state index is -4.43.